The molecule has 0 bridgehead atoms. The van der Waals surface area contributed by atoms with Crippen molar-refractivity contribution in [3.05, 3.63) is 11.6 Å². The van der Waals surface area contributed by atoms with Crippen LogP contribution in [-0.2, 0) is 14.6 Å². The highest BCUT2D eigenvalue weighted by Crippen LogP contribution is 2.15. The molecule has 0 aliphatic carbocycles. The van der Waals surface area contributed by atoms with E-state index in [2.05, 4.69) is 20.9 Å². The van der Waals surface area contributed by atoms with E-state index >= 15 is 0 Å². The van der Waals surface area contributed by atoms with Crippen LogP contribution in [0.5, 0.6) is 0 Å². The summed E-state index contributed by atoms with van der Waals surface area (Å²) in [4.78, 5) is 28.5. The van der Waals surface area contributed by atoms with Gasteiger partial charge in [0, 0.05) is 17.6 Å². The van der Waals surface area contributed by atoms with E-state index in [1.165, 1.54) is 11.3 Å². The molecule has 8 nitrogen and oxygen atoms in total. The number of thiazole rings is 1. The Morgan fingerprint density at radius 2 is 2.21 bits per heavy atom. The molecule has 1 unspecified atom stereocenters. The number of amides is 3. The number of urea groups is 1. The van der Waals surface area contributed by atoms with Gasteiger partial charge in [-0.3, -0.25) is 4.79 Å². The quantitative estimate of drug-likeness (QED) is 0.686. The summed E-state index contributed by atoms with van der Waals surface area (Å²) in [5.41, 5.74) is 0. The highest BCUT2D eigenvalue weighted by atomic mass is 32.2. The second kappa shape index (κ2) is 7.93. The molecule has 3 amide bonds. The van der Waals surface area contributed by atoms with Crippen LogP contribution in [0.3, 0.4) is 0 Å². The lowest BCUT2D eigenvalue weighted by Crippen LogP contribution is -2.53. The van der Waals surface area contributed by atoms with E-state index in [4.69, 9.17) is 0 Å². The van der Waals surface area contributed by atoms with Crippen LogP contribution in [0, 0.1) is 5.92 Å². The summed E-state index contributed by atoms with van der Waals surface area (Å²) < 4.78 is 22.9. The Morgan fingerprint density at radius 3 is 2.75 bits per heavy atom. The van der Waals surface area contributed by atoms with Crippen molar-refractivity contribution in [2.75, 3.05) is 16.8 Å². The molecule has 1 fully saturated rings. The SMILES string of the molecule is CC[C@H](C)[C@@H](NC(=O)NC1CCS(=O)(=O)C1)C(=O)Nc1nccs1. The zero-order chi connectivity index (χ0) is 17.7. The molecule has 1 aromatic rings. The molecule has 134 valence electrons. The number of hydrogen-bond donors (Lipinski definition) is 3. The van der Waals surface area contributed by atoms with Gasteiger partial charge in [0.25, 0.3) is 0 Å². The third-order valence-electron chi connectivity index (χ3n) is 4.01. The van der Waals surface area contributed by atoms with E-state index in [9.17, 15) is 18.0 Å². The van der Waals surface area contributed by atoms with E-state index in [1.54, 1.807) is 11.6 Å². The van der Waals surface area contributed by atoms with Crippen LogP contribution in [0.15, 0.2) is 11.6 Å². The lowest BCUT2D eigenvalue weighted by molar-refractivity contribution is -0.119. The zero-order valence-electron chi connectivity index (χ0n) is 13.6. The van der Waals surface area contributed by atoms with Gasteiger partial charge in [0.2, 0.25) is 5.91 Å². The third kappa shape index (κ3) is 5.17. The number of hydrogen-bond acceptors (Lipinski definition) is 6. The number of nitrogens with zero attached hydrogens (tertiary/aromatic N) is 1. The van der Waals surface area contributed by atoms with Gasteiger partial charge in [-0.2, -0.15) is 0 Å². The molecule has 3 atom stereocenters. The van der Waals surface area contributed by atoms with Gasteiger partial charge in [0.15, 0.2) is 15.0 Å². The summed E-state index contributed by atoms with van der Waals surface area (Å²) in [6.45, 7) is 3.80. The molecule has 1 saturated heterocycles. The van der Waals surface area contributed by atoms with E-state index in [-0.39, 0.29) is 23.3 Å². The molecule has 0 radical (unpaired) electrons. The van der Waals surface area contributed by atoms with Crippen LogP contribution in [0.2, 0.25) is 0 Å². The first-order valence-electron chi connectivity index (χ1n) is 7.78. The Labute approximate surface area is 145 Å². The molecule has 24 heavy (non-hydrogen) atoms. The smallest absolute Gasteiger partial charge is 0.315 e. The number of rotatable bonds is 6. The van der Waals surface area contributed by atoms with Gasteiger partial charge in [-0.05, 0) is 12.3 Å². The minimum Gasteiger partial charge on any atom is -0.334 e. The molecule has 1 aliphatic heterocycles. The van der Waals surface area contributed by atoms with Crippen LogP contribution in [-0.4, -0.2) is 48.9 Å². The van der Waals surface area contributed by atoms with Crippen molar-refractivity contribution in [1.29, 1.82) is 0 Å². The Bertz CT molecular complexity index is 675. The van der Waals surface area contributed by atoms with Crippen LogP contribution >= 0.6 is 11.3 Å². The fourth-order valence-electron chi connectivity index (χ4n) is 2.45. The maximum Gasteiger partial charge on any atom is 0.315 e. The van der Waals surface area contributed by atoms with Crippen molar-refractivity contribution in [2.45, 2.75) is 38.8 Å². The monoisotopic (exact) mass is 374 g/mol. The predicted octanol–water partition coefficient (Wildman–Crippen LogP) is 0.983. The third-order valence-corrected chi connectivity index (χ3v) is 6.47. The molecule has 0 saturated carbocycles. The summed E-state index contributed by atoms with van der Waals surface area (Å²) in [5, 5.41) is 10.2. The van der Waals surface area contributed by atoms with Gasteiger partial charge in [0.1, 0.15) is 6.04 Å². The van der Waals surface area contributed by atoms with Crippen molar-refractivity contribution in [2.24, 2.45) is 5.92 Å². The molecule has 1 aromatic heterocycles. The van der Waals surface area contributed by atoms with Crippen LogP contribution in [0.25, 0.3) is 0 Å². The molecule has 2 heterocycles. The first-order chi connectivity index (χ1) is 11.3. The number of sulfone groups is 1. The summed E-state index contributed by atoms with van der Waals surface area (Å²) >= 11 is 1.29. The zero-order valence-corrected chi connectivity index (χ0v) is 15.2. The average Bonchev–Trinajstić information content (AvgIpc) is 3.13. The number of carbonyl (C=O) groups excluding carboxylic acids is 2. The standard InChI is InChI=1S/C14H22N4O4S2/c1-3-9(2)11(12(19)18-14-15-5-6-23-14)17-13(20)16-10-4-7-24(21,22)8-10/h5-6,9-11H,3-4,7-8H2,1-2H3,(H,15,18,19)(H2,16,17,20)/t9-,10?,11+/m0/s1. The summed E-state index contributed by atoms with van der Waals surface area (Å²) in [6.07, 6.45) is 2.68. The van der Waals surface area contributed by atoms with Gasteiger partial charge in [-0.25, -0.2) is 18.2 Å². The molecule has 3 N–H and O–H groups in total. The lowest BCUT2D eigenvalue weighted by Gasteiger charge is -2.24. The van der Waals surface area contributed by atoms with Gasteiger partial charge < -0.3 is 16.0 Å². The second-order valence-electron chi connectivity index (χ2n) is 5.91. The summed E-state index contributed by atoms with van der Waals surface area (Å²) in [6, 6.07) is -1.66. The Hall–Kier alpha value is -1.68. The van der Waals surface area contributed by atoms with Crippen LogP contribution < -0.4 is 16.0 Å². The number of anilines is 1. The van der Waals surface area contributed by atoms with Gasteiger partial charge >= 0.3 is 6.03 Å². The van der Waals surface area contributed by atoms with E-state index in [0.29, 0.717) is 18.0 Å². The van der Waals surface area contributed by atoms with E-state index < -0.39 is 28.0 Å². The fraction of sp³-hybridized carbons (Fsp3) is 0.643. The van der Waals surface area contributed by atoms with Crippen molar-refractivity contribution in [3.63, 3.8) is 0 Å². The van der Waals surface area contributed by atoms with Crippen molar-refractivity contribution < 1.29 is 18.0 Å². The second-order valence-corrected chi connectivity index (χ2v) is 9.03. The van der Waals surface area contributed by atoms with Crippen molar-refractivity contribution in [1.82, 2.24) is 15.6 Å². The molecular formula is C14H22N4O4S2. The van der Waals surface area contributed by atoms with Crippen molar-refractivity contribution in [3.8, 4) is 0 Å². The lowest BCUT2D eigenvalue weighted by atomic mass is 9.98. The van der Waals surface area contributed by atoms with E-state index in [1.807, 2.05) is 13.8 Å². The normalized spacial score (nSPS) is 21.7. The number of carbonyl (C=O) groups is 2. The summed E-state index contributed by atoms with van der Waals surface area (Å²) in [7, 11) is -3.07. The molecule has 1 aliphatic rings. The first-order valence-corrected chi connectivity index (χ1v) is 10.5. The Morgan fingerprint density at radius 1 is 1.46 bits per heavy atom. The predicted molar refractivity (Wildman–Crippen MR) is 92.7 cm³/mol. The topological polar surface area (TPSA) is 117 Å². The Kier molecular flexibility index (Phi) is 6.16. The molecular weight excluding hydrogens is 352 g/mol. The van der Waals surface area contributed by atoms with Crippen LogP contribution in [0.4, 0.5) is 9.93 Å². The summed E-state index contributed by atoms with van der Waals surface area (Å²) in [5.74, 6) is -0.395. The van der Waals surface area contributed by atoms with Crippen LogP contribution in [0.1, 0.15) is 26.7 Å². The average molecular weight is 374 g/mol. The van der Waals surface area contributed by atoms with Gasteiger partial charge in [0.05, 0.1) is 11.5 Å². The molecule has 2 rings (SSSR count). The van der Waals surface area contributed by atoms with Crippen molar-refractivity contribution >= 4 is 38.2 Å². The molecule has 0 spiro atoms. The maximum atomic E-state index is 12.4. The van der Waals surface area contributed by atoms with Gasteiger partial charge in [-0.1, -0.05) is 20.3 Å². The Balaban J connectivity index is 1.95. The molecule has 0 aromatic carbocycles. The minimum absolute atomic E-state index is 0.0558. The highest BCUT2D eigenvalue weighted by molar-refractivity contribution is 7.91. The minimum atomic E-state index is -3.07. The molecule has 10 heteroatoms. The highest BCUT2D eigenvalue weighted by Gasteiger charge is 2.31. The first kappa shape index (κ1) is 18.7. The number of aromatic nitrogens is 1. The maximum absolute atomic E-state index is 12.4. The van der Waals surface area contributed by atoms with Gasteiger partial charge in [-0.15, -0.1) is 11.3 Å². The van der Waals surface area contributed by atoms with E-state index in [0.717, 1.165) is 0 Å². The number of nitrogens with one attached hydrogen (secondary N) is 3. The largest absolute Gasteiger partial charge is 0.334 e. The fourth-order valence-corrected chi connectivity index (χ4v) is 4.65.